The molecule has 0 amide bonds. The van der Waals surface area contributed by atoms with E-state index in [-0.39, 0.29) is 0 Å². The summed E-state index contributed by atoms with van der Waals surface area (Å²) >= 11 is 0. The summed E-state index contributed by atoms with van der Waals surface area (Å²) in [4.78, 5) is 8.38. The van der Waals surface area contributed by atoms with Crippen molar-refractivity contribution < 1.29 is 9.47 Å². The molecule has 0 bridgehead atoms. The van der Waals surface area contributed by atoms with Crippen LogP contribution in [0.1, 0.15) is 12.0 Å². The van der Waals surface area contributed by atoms with Gasteiger partial charge in [-0.3, -0.25) is 4.99 Å². The zero-order valence-corrected chi connectivity index (χ0v) is 14.2. The van der Waals surface area contributed by atoms with E-state index in [2.05, 4.69) is 20.6 Å². The molecule has 6 nitrogen and oxygen atoms in total. The molecule has 6 heteroatoms. The van der Waals surface area contributed by atoms with E-state index in [9.17, 15) is 0 Å². The zero-order valence-electron chi connectivity index (χ0n) is 14.2. The summed E-state index contributed by atoms with van der Waals surface area (Å²) in [7, 11) is 3.36. The molecule has 0 radical (unpaired) electrons. The molecular weight excluding hydrogens is 304 g/mol. The highest BCUT2D eigenvalue weighted by Gasteiger charge is 2.04. The van der Waals surface area contributed by atoms with Crippen LogP contribution in [0.4, 0.5) is 0 Å². The lowest BCUT2D eigenvalue weighted by molar-refractivity contribution is 0.311. The van der Waals surface area contributed by atoms with E-state index in [0.717, 1.165) is 30.2 Å². The van der Waals surface area contributed by atoms with Gasteiger partial charge in [-0.15, -0.1) is 0 Å². The molecule has 2 aromatic rings. The van der Waals surface area contributed by atoms with Crippen LogP contribution < -0.4 is 20.1 Å². The van der Waals surface area contributed by atoms with Crippen LogP contribution in [0.2, 0.25) is 0 Å². The normalized spacial score (nSPS) is 11.0. The molecular formula is C18H24N4O2. The number of nitrogens with zero attached hydrogens (tertiary/aromatic N) is 2. The Morgan fingerprint density at radius 2 is 1.96 bits per heavy atom. The Balaban J connectivity index is 1.67. The SMILES string of the molecule is CN=C(NCCCOc1ccccc1)NCc1cccnc1OC. The van der Waals surface area contributed by atoms with Crippen LogP contribution in [0, 0.1) is 0 Å². The molecule has 1 heterocycles. The lowest BCUT2D eigenvalue weighted by atomic mass is 10.2. The van der Waals surface area contributed by atoms with Crippen molar-refractivity contribution in [3.8, 4) is 11.6 Å². The first kappa shape index (κ1) is 17.6. The Labute approximate surface area is 142 Å². The van der Waals surface area contributed by atoms with E-state index >= 15 is 0 Å². The molecule has 0 atom stereocenters. The van der Waals surface area contributed by atoms with Crippen LogP contribution >= 0.6 is 0 Å². The monoisotopic (exact) mass is 328 g/mol. The minimum absolute atomic E-state index is 0.594. The molecule has 24 heavy (non-hydrogen) atoms. The Bertz CT molecular complexity index is 632. The maximum Gasteiger partial charge on any atom is 0.218 e. The number of rotatable bonds is 8. The van der Waals surface area contributed by atoms with E-state index in [1.54, 1.807) is 20.4 Å². The smallest absolute Gasteiger partial charge is 0.218 e. The van der Waals surface area contributed by atoms with Crippen LogP contribution in [-0.4, -0.2) is 38.3 Å². The summed E-state index contributed by atoms with van der Waals surface area (Å²) in [6, 6.07) is 13.7. The molecule has 128 valence electrons. The lowest BCUT2D eigenvalue weighted by Gasteiger charge is -2.13. The number of aliphatic imine (C=N–C) groups is 1. The molecule has 0 aliphatic heterocycles. The summed E-state index contributed by atoms with van der Waals surface area (Å²) in [5, 5.41) is 6.51. The quantitative estimate of drug-likeness (QED) is 0.442. The first-order valence-electron chi connectivity index (χ1n) is 7.93. The predicted octanol–water partition coefficient (Wildman–Crippen LogP) is 2.22. The standard InChI is InChI=1S/C18H24N4O2/c1-19-18(22-14-15-8-6-11-20-17(15)23-2)21-12-7-13-24-16-9-4-3-5-10-16/h3-6,8-11H,7,12-14H2,1-2H3,(H2,19,21,22). The second-order valence-electron chi connectivity index (χ2n) is 5.04. The summed E-state index contributed by atoms with van der Waals surface area (Å²) in [5.41, 5.74) is 0.982. The van der Waals surface area contributed by atoms with E-state index in [4.69, 9.17) is 9.47 Å². The van der Waals surface area contributed by atoms with Crippen molar-refractivity contribution in [2.75, 3.05) is 27.3 Å². The number of guanidine groups is 1. The van der Waals surface area contributed by atoms with E-state index in [0.29, 0.717) is 19.0 Å². The molecule has 0 fully saturated rings. The molecule has 0 spiro atoms. The molecule has 1 aromatic heterocycles. The third-order valence-corrected chi connectivity index (χ3v) is 3.34. The molecule has 0 saturated heterocycles. The Morgan fingerprint density at radius 1 is 1.12 bits per heavy atom. The number of pyridine rings is 1. The van der Waals surface area contributed by atoms with Crippen LogP contribution in [0.5, 0.6) is 11.6 Å². The van der Waals surface area contributed by atoms with Gasteiger partial charge in [-0.25, -0.2) is 4.98 Å². The minimum atomic E-state index is 0.594. The maximum absolute atomic E-state index is 5.66. The summed E-state index contributed by atoms with van der Waals surface area (Å²) in [5.74, 6) is 2.25. The fourth-order valence-corrected chi connectivity index (χ4v) is 2.13. The topological polar surface area (TPSA) is 67.8 Å². The first-order chi connectivity index (χ1) is 11.8. The zero-order chi connectivity index (χ0) is 17.0. The van der Waals surface area contributed by atoms with Gasteiger partial charge in [0.05, 0.1) is 13.7 Å². The van der Waals surface area contributed by atoms with Crippen molar-refractivity contribution in [2.45, 2.75) is 13.0 Å². The average Bonchev–Trinajstić information content (AvgIpc) is 2.65. The average molecular weight is 328 g/mol. The summed E-state index contributed by atoms with van der Waals surface area (Å²) < 4.78 is 10.9. The third-order valence-electron chi connectivity index (χ3n) is 3.34. The Hall–Kier alpha value is -2.76. The van der Waals surface area contributed by atoms with Crippen molar-refractivity contribution in [1.29, 1.82) is 0 Å². The van der Waals surface area contributed by atoms with Crippen LogP contribution in [0.3, 0.4) is 0 Å². The second kappa shape index (κ2) is 10.1. The molecule has 0 saturated carbocycles. The van der Waals surface area contributed by atoms with Gasteiger partial charge in [-0.05, 0) is 24.6 Å². The Morgan fingerprint density at radius 3 is 2.71 bits per heavy atom. The van der Waals surface area contributed by atoms with E-state index in [1.165, 1.54) is 0 Å². The van der Waals surface area contributed by atoms with Gasteiger partial charge in [-0.2, -0.15) is 0 Å². The number of hydrogen-bond acceptors (Lipinski definition) is 4. The highest BCUT2D eigenvalue weighted by molar-refractivity contribution is 5.79. The number of ether oxygens (including phenoxy) is 2. The first-order valence-corrected chi connectivity index (χ1v) is 7.93. The number of nitrogens with one attached hydrogen (secondary N) is 2. The Kier molecular flexibility index (Phi) is 7.40. The fraction of sp³-hybridized carbons (Fsp3) is 0.333. The predicted molar refractivity (Wildman–Crippen MR) is 95.5 cm³/mol. The van der Waals surface area contributed by atoms with Crippen LogP contribution in [0.15, 0.2) is 53.7 Å². The molecule has 0 aliphatic rings. The van der Waals surface area contributed by atoms with Crippen molar-refractivity contribution in [2.24, 2.45) is 4.99 Å². The van der Waals surface area contributed by atoms with Crippen LogP contribution in [-0.2, 0) is 6.54 Å². The number of para-hydroxylation sites is 1. The summed E-state index contributed by atoms with van der Waals surface area (Å²) in [6.07, 6.45) is 2.59. The van der Waals surface area contributed by atoms with Gasteiger partial charge in [0, 0.05) is 31.9 Å². The molecule has 2 N–H and O–H groups in total. The van der Waals surface area contributed by atoms with Gasteiger partial charge in [-0.1, -0.05) is 24.3 Å². The van der Waals surface area contributed by atoms with Crippen molar-refractivity contribution in [3.05, 3.63) is 54.2 Å². The minimum Gasteiger partial charge on any atom is -0.494 e. The van der Waals surface area contributed by atoms with Gasteiger partial charge in [0.2, 0.25) is 5.88 Å². The molecule has 0 unspecified atom stereocenters. The van der Waals surface area contributed by atoms with Crippen molar-refractivity contribution in [3.63, 3.8) is 0 Å². The van der Waals surface area contributed by atoms with Crippen molar-refractivity contribution in [1.82, 2.24) is 15.6 Å². The van der Waals surface area contributed by atoms with Gasteiger partial charge in [0.25, 0.3) is 0 Å². The largest absolute Gasteiger partial charge is 0.494 e. The van der Waals surface area contributed by atoms with Gasteiger partial charge in [0.1, 0.15) is 5.75 Å². The number of aromatic nitrogens is 1. The van der Waals surface area contributed by atoms with Crippen LogP contribution in [0.25, 0.3) is 0 Å². The van der Waals surface area contributed by atoms with Gasteiger partial charge >= 0.3 is 0 Å². The number of hydrogen-bond donors (Lipinski definition) is 2. The van der Waals surface area contributed by atoms with Gasteiger partial charge < -0.3 is 20.1 Å². The molecule has 2 rings (SSSR count). The van der Waals surface area contributed by atoms with E-state index < -0.39 is 0 Å². The van der Waals surface area contributed by atoms with Crippen molar-refractivity contribution >= 4 is 5.96 Å². The van der Waals surface area contributed by atoms with E-state index in [1.807, 2.05) is 42.5 Å². The third kappa shape index (κ3) is 5.79. The maximum atomic E-state index is 5.66. The van der Waals surface area contributed by atoms with Gasteiger partial charge in [0.15, 0.2) is 5.96 Å². The fourth-order valence-electron chi connectivity index (χ4n) is 2.13. The highest BCUT2D eigenvalue weighted by atomic mass is 16.5. The molecule has 1 aromatic carbocycles. The highest BCUT2D eigenvalue weighted by Crippen LogP contribution is 2.12. The summed E-state index contributed by atoms with van der Waals surface area (Å²) in [6.45, 7) is 2.03. The molecule has 0 aliphatic carbocycles. The second-order valence-corrected chi connectivity index (χ2v) is 5.04. The number of methoxy groups -OCH3 is 1. The number of benzene rings is 1. The lowest BCUT2D eigenvalue weighted by Crippen LogP contribution is -2.37.